The van der Waals surface area contributed by atoms with Gasteiger partial charge in [0, 0.05) is 32.2 Å². The third-order valence-corrected chi connectivity index (χ3v) is 3.40. The van der Waals surface area contributed by atoms with Crippen LogP contribution in [0.4, 0.5) is 0 Å². The van der Waals surface area contributed by atoms with Crippen LogP contribution in [0.25, 0.3) is 0 Å². The fourth-order valence-electron chi connectivity index (χ4n) is 2.42. The summed E-state index contributed by atoms with van der Waals surface area (Å²) in [5.41, 5.74) is 1.31. The molecule has 4 heteroatoms. The van der Waals surface area contributed by atoms with Crippen molar-refractivity contribution in [2.75, 3.05) is 26.2 Å². The largest absolute Gasteiger partial charge is 0.481 e. The van der Waals surface area contributed by atoms with Gasteiger partial charge in [-0.05, 0) is 12.0 Å². The Bertz CT molecular complexity index is 381. The normalized spacial score (nSPS) is 20.8. The van der Waals surface area contributed by atoms with E-state index in [-0.39, 0.29) is 6.42 Å². The van der Waals surface area contributed by atoms with Crippen LogP contribution in [0, 0.1) is 0 Å². The zero-order valence-electron chi connectivity index (χ0n) is 10.5. The van der Waals surface area contributed by atoms with Gasteiger partial charge in [-0.15, -0.1) is 0 Å². The molecule has 1 aromatic rings. The van der Waals surface area contributed by atoms with Gasteiger partial charge in [0.05, 0.1) is 6.42 Å². The number of aliphatic carboxylic acids is 1. The Morgan fingerprint density at radius 2 is 2.17 bits per heavy atom. The van der Waals surface area contributed by atoms with Gasteiger partial charge in [0.15, 0.2) is 0 Å². The molecule has 1 aliphatic heterocycles. The van der Waals surface area contributed by atoms with Gasteiger partial charge in [0.25, 0.3) is 0 Å². The number of carboxylic acid groups (broad SMARTS) is 1. The number of hydrogen-bond acceptors (Lipinski definition) is 3. The average molecular weight is 248 g/mol. The lowest BCUT2D eigenvalue weighted by atomic mass is 10.0. The Balaban J connectivity index is 1.93. The third kappa shape index (κ3) is 3.82. The number of benzene rings is 1. The van der Waals surface area contributed by atoms with Crippen molar-refractivity contribution >= 4 is 5.97 Å². The second kappa shape index (κ2) is 6.52. The number of hydrogen-bond donors (Lipinski definition) is 2. The highest BCUT2D eigenvalue weighted by atomic mass is 16.4. The number of nitrogens with one attached hydrogen (secondary N) is 1. The molecule has 98 valence electrons. The molecule has 4 nitrogen and oxygen atoms in total. The van der Waals surface area contributed by atoms with E-state index in [1.54, 1.807) is 0 Å². The lowest BCUT2D eigenvalue weighted by Crippen LogP contribution is -2.52. The van der Waals surface area contributed by atoms with E-state index in [0.717, 1.165) is 26.1 Å². The molecule has 0 amide bonds. The van der Waals surface area contributed by atoms with E-state index >= 15 is 0 Å². The molecule has 18 heavy (non-hydrogen) atoms. The third-order valence-electron chi connectivity index (χ3n) is 3.40. The molecule has 1 heterocycles. The molecule has 0 aromatic heterocycles. The minimum atomic E-state index is -0.716. The van der Waals surface area contributed by atoms with Crippen LogP contribution in [0.2, 0.25) is 0 Å². The number of nitrogens with zero attached hydrogens (tertiary/aromatic N) is 1. The average Bonchev–Trinajstić information content (AvgIpc) is 2.39. The van der Waals surface area contributed by atoms with Crippen LogP contribution in [-0.2, 0) is 11.2 Å². The maximum absolute atomic E-state index is 10.7. The molecule has 2 N–H and O–H groups in total. The highest BCUT2D eigenvalue weighted by molar-refractivity contribution is 5.66. The Kier molecular flexibility index (Phi) is 4.73. The van der Waals surface area contributed by atoms with Crippen LogP contribution in [0.1, 0.15) is 12.0 Å². The summed E-state index contributed by atoms with van der Waals surface area (Å²) in [4.78, 5) is 13.0. The molecule has 1 unspecified atom stereocenters. The molecule has 1 aromatic carbocycles. The van der Waals surface area contributed by atoms with Crippen LogP contribution < -0.4 is 5.32 Å². The Morgan fingerprint density at radius 1 is 1.39 bits per heavy atom. The van der Waals surface area contributed by atoms with Gasteiger partial charge in [0.2, 0.25) is 0 Å². The van der Waals surface area contributed by atoms with E-state index < -0.39 is 5.97 Å². The molecule has 0 spiro atoms. The van der Waals surface area contributed by atoms with Crippen LogP contribution in [-0.4, -0.2) is 48.2 Å². The molecule has 0 radical (unpaired) electrons. The lowest BCUT2D eigenvalue weighted by Gasteiger charge is -2.36. The molecular weight excluding hydrogens is 228 g/mol. The summed E-state index contributed by atoms with van der Waals surface area (Å²) in [5, 5.41) is 12.2. The zero-order chi connectivity index (χ0) is 12.8. The fraction of sp³-hybridized carbons (Fsp3) is 0.500. The predicted octanol–water partition coefficient (Wildman–Crippen LogP) is 0.978. The van der Waals surface area contributed by atoms with E-state index in [0.29, 0.717) is 12.6 Å². The van der Waals surface area contributed by atoms with Crippen LogP contribution in [0.3, 0.4) is 0 Å². The molecule has 0 aliphatic carbocycles. The number of carboxylic acids is 1. The van der Waals surface area contributed by atoms with Crippen LogP contribution in [0.5, 0.6) is 0 Å². The molecule has 1 atom stereocenters. The molecular formula is C14H20N2O2. The number of carbonyl (C=O) groups is 1. The Morgan fingerprint density at radius 3 is 2.89 bits per heavy atom. The van der Waals surface area contributed by atoms with Gasteiger partial charge in [-0.25, -0.2) is 0 Å². The van der Waals surface area contributed by atoms with Gasteiger partial charge in [-0.1, -0.05) is 30.3 Å². The molecule has 0 saturated carbocycles. The van der Waals surface area contributed by atoms with Crippen molar-refractivity contribution in [1.29, 1.82) is 0 Å². The summed E-state index contributed by atoms with van der Waals surface area (Å²) in [6.45, 7) is 3.47. The van der Waals surface area contributed by atoms with Gasteiger partial charge >= 0.3 is 5.97 Å². The van der Waals surface area contributed by atoms with Crippen molar-refractivity contribution in [3.8, 4) is 0 Å². The van der Waals surface area contributed by atoms with E-state index in [9.17, 15) is 4.79 Å². The predicted molar refractivity (Wildman–Crippen MR) is 70.6 cm³/mol. The molecule has 2 rings (SSSR count). The van der Waals surface area contributed by atoms with Crippen molar-refractivity contribution in [3.05, 3.63) is 35.9 Å². The van der Waals surface area contributed by atoms with Crippen LogP contribution >= 0.6 is 0 Å². The van der Waals surface area contributed by atoms with Crippen molar-refractivity contribution in [1.82, 2.24) is 10.2 Å². The molecule has 1 aliphatic rings. The summed E-state index contributed by atoms with van der Waals surface area (Å²) in [5.74, 6) is -0.716. The summed E-state index contributed by atoms with van der Waals surface area (Å²) in [6.07, 6.45) is 1.21. The van der Waals surface area contributed by atoms with E-state index in [1.807, 2.05) is 18.2 Å². The summed E-state index contributed by atoms with van der Waals surface area (Å²) in [7, 11) is 0. The number of rotatable bonds is 5. The van der Waals surface area contributed by atoms with E-state index in [4.69, 9.17) is 5.11 Å². The quantitative estimate of drug-likeness (QED) is 0.815. The minimum absolute atomic E-state index is 0.227. The second-order valence-corrected chi connectivity index (χ2v) is 4.73. The molecule has 0 bridgehead atoms. The van der Waals surface area contributed by atoms with Crippen molar-refractivity contribution in [2.24, 2.45) is 0 Å². The first-order valence-electron chi connectivity index (χ1n) is 6.46. The van der Waals surface area contributed by atoms with Gasteiger partial charge in [-0.3, -0.25) is 9.69 Å². The maximum atomic E-state index is 10.7. The van der Waals surface area contributed by atoms with Crippen molar-refractivity contribution in [3.63, 3.8) is 0 Å². The lowest BCUT2D eigenvalue weighted by molar-refractivity contribution is -0.137. The van der Waals surface area contributed by atoms with E-state index in [1.165, 1.54) is 5.56 Å². The van der Waals surface area contributed by atoms with E-state index in [2.05, 4.69) is 22.3 Å². The molecule has 1 saturated heterocycles. The first-order chi connectivity index (χ1) is 8.75. The summed E-state index contributed by atoms with van der Waals surface area (Å²) < 4.78 is 0. The van der Waals surface area contributed by atoms with Crippen LogP contribution in [0.15, 0.2) is 30.3 Å². The maximum Gasteiger partial charge on any atom is 0.304 e. The van der Waals surface area contributed by atoms with Crippen molar-refractivity contribution < 1.29 is 9.90 Å². The first-order valence-corrected chi connectivity index (χ1v) is 6.46. The SMILES string of the molecule is O=C(O)CCN1CCNCC1Cc1ccccc1. The number of piperazine rings is 1. The molecule has 1 fully saturated rings. The standard InChI is InChI=1S/C14H20N2O2/c17-14(18)6-8-16-9-7-15-11-13(16)10-12-4-2-1-3-5-12/h1-5,13,15H,6-11H2,(H,17,18). The smallest absolute Gasteiger partial charge is 0.304 e. The first kappa shape index (κ1) is 13.1. The minimum Gasteiger partial charge on any atom is -0.481 e. The van der Waals surface area contributed by atoms with Gasteiger partial charge < -0.3 is 10.4 Å². The van der Waals surface area contributed by atoms with Gasteiger partial charge in [0.1, 0.15) is 0 Å². The van der Waals surface area contributed by atoms with Gasteiger partial charge in [-0.2, -0.15) is 0 Å². The highest BCUT2D eigenvalue weighted by Crippen LogP contribution is 2.11. The fourth-order valence-corrected chi connectivity index (χ4v) is 2.42. The Hall–Kier alpha value is -1.39. The topological polar surface area (TPSA) is 52.6 Å². The summed E-state index contributed by atoms with van der Waals surface area (Å²) in [6, 6.07) is 10.8. The highest BCUT2D eigenvalue weighted by Gasteiger charge is 2.22. The monoisotopic (exact) mass is 248 g/mol. The van der Waals surface area contributed by atoms with Crippen molar-refractivity contribution in [2.45, 2.75) is 18.9 Å². The summed E-state index contributed by atoms with van der Waals surface area (Å²) >= 11 is 0. The Labute approximate surface area is 108 Å². The second-order valence-electron chi connectivity index (χ2n) is 4.73. The zero-order valence-corrected chi connectivity index (χ0v) is 10.5.